The zero-order valence-corrected chi connectivity index (χ0v) is 14.9. The lowest BCUT2D eigenvalue weighted by Gasteiger charge is -2.30. The highest BCUT2D eigenvalue weighted by atomic mass is 35.5. The zero-order chi connectivity index (χ0) is 18.2. The van der Waals surface area contributed by atoms with Gasteiger partial charge >= 0.3 is 0 Å². The first kappa shape index (κ1) is 17.8. The van der Waals surface area contributed by atoms with Crippen LogP contribution in [-0.4, -0.2) is 16.7 Å². The molecule has 4 nitrogen and oxygen atoms in total. The largest absolute Gasteiger partial charge is 0.346 e. The average molecular weight is 381 g/mol. The van der Waals surface area contributed by atoms with Gasteiger partial charge in [-0.15, -0.1) is 0 Å². The van der Waals surface area contributed by atoms with Gasteiger partial charge in [-0.05, 0) is 30.7 Å². The third-order valence-electron chi connectivity index (χ3n) is 4.33. The quantitative estimate of drug-likeness (QED) is 0.857. The van der Waals surface area contributed by atoms with E-state index in [4.69, 9.17) is 23.2 Å². The highest BCUT2D eigenvalue weighted by Crippen LogP contribution is 2.39. The predicted octanol–water partition coefficient (Wildman–Crippen LogP) is 4.41. The molecule has 1 aliphatic carbocycles. The van der Waals surface area contributed by atoms with Crippen LogP contribution < -0.4 is 5.32 Å². The lowest BCUT2D eigenvalue weighted by atomic mass is 9.81. The van der Waals surface area contributed by atoms with Crippen molar-refractivity contribution in [2.45, 2.75) is 31.5 Å². The Morgan fingerprint density at radius 3 is 2.84 bits per heavy atom. The van der Waals surface area contributed by atoms with Crippen molar-refractivity contribution in [1.82, 2.24) is 10.3 Å². The first-order valence-corrected chi connectivity index (χ1v) is 8.52. The van der Waals surface area contributed by atoms with Crippen LogP contribution in [0.2, 0.25) is 10.0 Å². The summed E-state index contributed by atoms with van der Waals surface area (Å²) in [4.78, 5) is 28.5. The summed E-state index contributed by atoms with van der Waals surface area (Å²) in [6, 6.07) is 7.31. The number of pyridine rings is 1. The average Bonchev–Trinajstić information content (AvgIpc) is 2.58. The maximum Gasteiger partial charge on any atom is 0.262 e. The van der Waals surface area contributed by atoms with Crippen LogP contribution in [0, 0.1) is 0 Å². The van der Waals surface area contributed by atoms with E-state index in [1.165, 1.54) is 18.3 Å². The zero-order valence-electron chi connectivity index (χ0n) is 13.4. The van der Waals surface area contributed by atoms with E-state index in [9.17, 15) is 9.59 Å². The summed E-state index contributed by atoms with van der Waals surface area (Å²) in [6.45, 7) is 1.70. The van der Waals surface area contributed by atoms with E-state index in [1.54, 1.807) is 25.1 Å². The minimum absolute atomic E-state index is 0.0122. The Morgan fingerprint density at radius 1 is 1.36 bits per heavy atom. The van der Waals surface area contributed by atoms with E-state index in [-0.39, 0.29) is 29.9 Å². The van der Waals surface area contributed by atoms with E-state index in [0.717, 1.165) is 0 Å². The number of carbonyl (C=O) groups is 2. The van der Waals surface area contributed by atoms with Crippen molar-refractivity contribution in [2.75, 3.05) is 0 Å². The van der Waals surface area contributed by atoms with Gasteiger partial charge in [0.2, 0.25) is 5.67 Å². The van der Waals surface area contributed by atoms with Crippen molar-refractivity contribution in [1.29, 1.82) is 0 Å². The van der Waals surface area contributed by atoms with Gasteiger partial charge in [0.25, 0.3) is 5.91 Å². The number of rotatable bonds is 3. The molecule has 3 rings (SSSR count). The van der Waals surface area contributed by atoms with Gasteiger partial charge in [-0.3, -0.25) is 14.6 Å². The summed E-state index contributed by atoms with van der Waals surface area (Å²) < 4.78 is 15.5. The fraction of sp³-hybridized carbons (Fsp3) is 0.278. The summed E-state index contributed by atoms with van der Waals surface area (Å²) in [7, 11) is 0. The van der Waals surface area contributed by atoms with Gasteiger partial charge in [0.15, 0.2) is 5.78 Å². The Morgan fingerprint density at radius 2 is 2.12 bits per heavy atom. The molecule has 0 unspecified atom stereocenters. The molecular formula is C18H15Cl2FN2O2. The van der Waals surface area contributed by atoms with E-state index in [1.807, 2.05) is 0 Å². The number of carbonyl (C=O) groups excluding carboxylic acids is 2. The Hall–Kier alpha value is -1.98. The summed E-state index contributed by atoms with van der Waals surface area (Å²) in [5.74, 6) is -1.07. The van der Waals surface area contributed by atoms with Gasteiger partial charge in [0.1, 0.15) is 5.69 Å². The molecule has 7 heteroatoms. The normalized spacial score (nSPS) is 20.7. The van der Waals surface area contributed by atoms with Crippen LogP contribution in [0.1, 0.15) is 47.4 Å². The monoisotopic (exact) mass is 380 g/mol. The molecule has 1 aromatic heterocycles. The molecule has 0 aliphatic heterocycles. The fourth-order valence-corrected chi connectivity index (χ4v) is 3.54. The van der Waals surface area contributed by atoms with Crippen molar-refractivity contribution in [3.63, 3.8) is 0 Å². The number of Topliss-reactive ketones (excluding diaryl/α,β-unsaturated/α-hetero) is 1. The number of benzene rings is 1. The predicted molar refractivity (Wildman–Crippen MR) is 93.6 cm³/mol. The molecule has 1 aromatic carbocycles. The Bertz CT molecular complexity index is 859. The van der Waals surface area contributed by atoms with Crippen LogP contribution in [0.4, 0.5) is 4.39 Å². The molecule has 1 N–H and O–H groups in total. The van der Waals surface area contributed by atoms with E-state index >= 15 is 4.39 Å². The van der Waals surface area contributed by atoms with Crippen molar-refractivity contribution < 1.29 is 14.0 Å². The Kier molecular flexibility index (Phi) is 4.80. The van der Waals surface area contributed by atoms with Crippen molar-refractivity contribution in [3.05, 3.63) is 63.4 Å². The lowest BCUT2D eigenvalue weighted by molar-refractivity contribution is -0.135. The molecule has 1 aliphatic rings. The van der Waals surface area contributed by atoms with Gasteiger partial charge in [-0.25, -0.2) is 4.39 Å². The molecule has 130 valence electrons. The number of aromatic nitrogens is 1. The third-order valence-corrected chi connectivity index (χ3v) is 4.89. The first-order chi connectivity index (χ1) is 11.8. The molecule has 0 fully saturated rings. The molecule has 0 bridgehead atoms. The maximum absolute atomic E-state index is 15.5. The SMILES string of the molecule is C[C@@H](NC(=O)[C@]1(F)CCC(=O)c2ncccc21)c1ccc(Cl)cc1Cl. The number of fused-ring (bicyclic) bond motifs is 1. The first-order valence-electron chi connectivity index (χ1n) is 7.76. The number of hydrogen-bond donors (Lipinski definition) is 1. The molecule has 0 spiro atoms. The van der Waals surface area contributed by atoms with Gasteiger partial charge in [0.05, 0.1) is 6.04 Å². The minimum Gasteiger partial charge on any atom is -0.346 e. The molecular weight excluding hydrogens is 366 g/mol. The topological polar surface area (TPSA) is 59.1 Å². The fourth-order valence-electron chi connectivity index (χ4n) is 2.96. The Labute approximate surface area is 154 Å². The van der Waals surface area contributed by atoms with E-state index in [2.05, 4.69) is 10.3 Å². The molecule has 1 amide bonds. The smallest absolute Gasteiger partial charge is 0.262 e. The van der Waals surface area contributed by atoms with Gasteiger partial charge in [-0.1, -0.05) is 35.3 Å². The molecule has 0 radical (unpaired) electrons. The summed E-state index contributed by atoms with van der Waals surface area (Å²) in [5.41, 5.74) is -1.65. The number of ketones is 1. The highest BCUT2D eigenvalue weighted by Gasteiger charge is 2.47. The molecule has 25 heavy (non-hydrogen) atoms. The van der Waals surface area contributed by atoms with Gasteiger partial charge in [0, 0.05) is 34.6 Å². The van der Waals surface area contributed by atoms with Crippen molar-refractivity contribution in [3.8, 4) is 0 Å². The second-order valence-electron chi connectivity index (χ2n) is 5.98. The number of nitrogens with zero attached hydrogens (tertiary/aromatic N) is 1. The minimum atomic E-state index is -2.30. The lowest BCUT2D eigenvalue weighted by Crippen LogP contribution is -2.45. The van der Waals surface area contributed by atoms with Crippen LogP contribution in [0.15, 0.2) is 36.5 Å². The number of amides is 1. The number of halogens is 3. The summed E-state index contributed by atoms with van der Waals surface area (Å²) in [6.07, 6.45) is 1.14. The maximum atomic E-state index is 15.5. The van der Waals surface area contributed by atoms with E-state index < -0.39 is 17.6 Å². The number of alkyl halides is 1. The van der Waals surface area contributed by atoms with Gasteiger partial charge < -0.3 is 5.32 Å². The second kappa shape index (κ2) is 6.73. The van der Waals surface area contributed by atoms with Crippen LogP contribution >= 0.6 is 23.2 Å². The van der Waals surface area contributed by atoms with Crippen LogP contribution in [0.5, 0.6) is 0 Å². The summed E-state index contributed by atoms with van der Waals surface area (Å²) in [5, 5.41) is 3.50. The van der Waals surface area contributed by atoms with Crippen molar-refractivity contribution in [2.24, 2.45) is 0 Å². The standard InChI is InChI=1S/C18H15Cl2FN2O2/c1-10(12-5-4-11(19)9-14(12)20)23-17(25)18(21)7-6-15(24)16-13(18)3-2-8-22-16/h2-5,8-10H,6-7H2,1H3,(H,23,25)/t10-,18+/m1/s1. The van der Waals surface area contributed by atoms with E-state index in [0.29, 0.717) is 15.6 Å². The molecule has 0 saturated heterocycles. The van der Waals surface area contributed by atoms with Crippen LogP contribution in [-0.2, 0) is 10.5 Å². The molecule has 0 saturated carbocycles. The summed E-state index contributed by atoms with van der Waals surface area (Å²) >= 11 is 12.0. The second-order valence-corrected chi connectivity index (χ2v) is 6.83. The third kappa shape index (κ3) is 3.26. The number of hydrogen-bond acceptors (Lipinski definition) is 3. The molecule has 2 aromatic rings. The van der Waals surface area contributed by atoms with Crippen LogP contribution in [0.3, 0.4) is 0 Å². The Balaban J connectivity index is 1.88. The van der Waals surface area contributed by atoms with Crippen molar-refractivity contribution >= 4 is 34.9 Å². The van der Waals surface area contributed by atoms with Crippen LogP contribution in [0.25, 0.3) is 0 Å². The van der Waals surface area contributed by atoms with Gasteiger partial charge in [-0.2, -0.15) is 0 Å². The molecule has 1 heterocycles. The molecule has 2 atom stereocenters. The number of nitrogens with one attached hydrogen (secondary N) is 1. The highest BCUT2D eigenvalue weighted by molar-refractivity contribution is 6.35.